The molecule has 0 spiro atoms. The highest BCUT2D eigenvalue weighted by molar-refractivity contribution is 5.92. The first-order valence-electron chi connectivity index (χ1n) is 5.90. The maximum absolute atomic E-state index is 12.1. The fourth-order valence-electron chi connectivity index (χ4n) is 1.86. The van der Waals surface area contributed by atoms with Crippen molar-refractivity contribution in [2.75, 3.05) is 13.1 Å². The van der Waals surface area contributed by atoms with Crippen LogP contribution in [-0.4, -0.2) is 33.3 Å². The van der Waals surface area contributed by atoms with Crippen molar-refractivity contribution in [3.05, 3.63) is 35.8 Å². The molecule has 2 aromatic heterocycles. The zero-order chi connectivity index (χ0) is 12.4. The molecule has 0 aliphatic rings. The molecule has 0 radical (unpaired) electrons. The second kappa shape index (κ2) is 4.57. The average Bonchev–Trinajstić information content (AvgIpc) is 2.73. The minimum Gasteiger partial charge on any atom is -0.338 e. The molecule has 0 bridgehead atoms. The number of imidazole rings is 1. The number of aryl methyl sites for hydroxylation is 1. The Kier molecular flexibility index (Phi) is 3.13. The van der Waals surface area contributed by atoms with Crippen LogP contribution in [0.2, 0.25) is 0 Å². The highest BCUT2D eigenvalue weighted by Gasteiger charge is 2.15. The quantitative estimate of drug-likeness (QED) is 0.811. The number of aromatic nitrogens is 2. The molecule has 17 heavy (non-hydrogen) atoms. The Labute approximate surface area is 101 Å². The van der Waals surface area contributed by atoms with Gasteiger partial charge in [0.1, 0.15) is 11.3 Å². The van der Waals surface area contributed by atoms with Crippen LogP contribution in [0.25, 0.3) is 5.65 Å². The molecule has 0 aromatic carbocycles. The maximum Gasteiger partial charge on any atom is 0.274 e. The van der Waals surface area contributed by atoms with Gasteiger partial charge in [0.15, 0.2) is 0 Å². The lowest BCUT2D eigenvalue weighted by Crippen LogP contribution is -2.30. The summed E-state index contributed by atoms with van der Waals surface area (Å²) < 4.78 is 1.88. The average molecular weight is 231 g/mol. The number of hydrogen-bond donors (Lipinski definition) is 0. The molecule has 0 N–H and O–H groups in total. The number of nitrogens with zero attached hydrogens (tertiary/aromatic N) is 3. The van der Waals surface area contributed by atoms with Crippen molar-refractivity contribution >= 4 is 11.6 Å². The van der Waals surface area contributed by atoms with E-state index in [1.54, 1.807) is 11.1 Å². The SMILES string of the molecule is CCN(CC)C(=O)c1cn2ccc(C)cc2n1. The van der Waals surface area contributed by atoms with Crippen LogP contribution in [-0.2, 0) is 0 Å². The number of carbonyl (C=O) groups is 1. The van der Waals surface area contributed by atoms with Crippen molar-refractivity contribution in [3.63, 3.8) is 0 Å². The minimum atomic E-state index is -0.00338. The Bertz CT molecular complexity index is 541. The van der Waals surface area contributed by atoms with E-state index in [2.05, 4.69) is 4.98 Å². The summed E-state index contributed by atoms with van der Waals surface area (Å²) in [5.74, 6) is -0.00338. The molecule has 0 atom stereocenters. The standard InChI is InChI=1S/C13H17N3O/c1-4-15(5-2)13(17)11-9-16-7-6-10(3)8-12(16)14-11/h6-9H,4-5H2,1-3H3. The summed E-state index contributed by atoms with van der Waals surface area (Å²) in [5, 5.41) is 0. The van der Waals surface area contributed by atoms with E-state index in [1.165, 1.54) is 0 Å². The zero-order valence-corrected chi connectivity index (χ0v) is 10.5. The number of amides is 1. The number of fused-ring (bicyclic) bond motifs is 1. The number of pyridine rings is 1. The van der Waals surface area contributed by atoms with Gasteiger partial charge < -0.3 is 9.30 Å². The van der Waals surface area contributed by atoms with Crippen LogP contribution in [0.4, 0.5) is 0 Å². The summed E-state index contributed by atoms with van der Waals surface area (Å²) in [7, 11) is 0. The second-order valence-corrected chi connectivity index (χ2v) is 4.07. The van der Waals surface area contributed by atoms with Crippen LogP contribution in [0.15, 0.2) is 24.5 Å². The highest BCUT2D eigenvalue weighted by Crippen LogP contribution is 2.09. The van der Waals surface area contributed by atoms with Gasteiger partial charge in [0.25, 0.3) is 5.91 Å². The minimum absolute atomic E-state index is 0.00338. The van der Waals surface area contributed by atoms with E-state index in [9.17, 15) is 4.79 Å². The van der Waals surface area contributed by atoms with E-state index < -0.39 is 0 Å². The van der Waals surface area contributed by atoms with Crippen molar-refractivity contribution in [1.29, 1.82) is 0 Å². The number of hydrogen-bond acceptors (Lipinski definition) is 2. The van der Waals surface area contributed by atoms with Crippen molar-refractivity contribution < 1.29 is 4.79 Å². The van der Waals surface area contributed by atoms with E-state index in [-0.39, 0.29) is 5.91 Å². The van der Waals surface area contributed by atoms with Gasteiger partial charge in [-0.25, -0.2) is 4.98 Å². The van der Waals surface area contributed by atoms with Crippen LogP contribution < -0.4 is 0 Å². The summed E-state index contributed by atoms with van der Waals surface area (Å²) in [6.07, 6.45) is 3.71. The number of carbonyl (C=O) groups excluding carboxylic acids is 1. The second-order valence-electron chi connectivity index (χ2n) is 4.07. The summed E-state index contributed by atoms with van der Waals surface area (Å²) in [4.78, 5) is 18.2. The maximum atomic E-state index is 12.1. The third kappa shape index (κ3) is 2.16. The Morgan fingerprint density at radius 2 is 2.12 bits per heavy atom. The molecule has 0 aliphatic carbocycles. The van der Waals surface area contributed by atoms with Crippen molar-refractivity contribution in [2.45, 2.75) is 20.8 Å². The first-order valence-corrected chi connectivity index (χ1v) is 5.90. The van der Waals surface area contributed by atoms with E-state index >= 15 is 0 Å². The monoisotopic (exact) mass is 231 g/mol. The lowest BCUT2D eigenvalue weighted by Gasteiger charge is -2.16. The fraction of sp³-hybridized carbons (Fsp3) is 0.385. The lowest BCUT2D eigenvalue weighted by atomic mass is 10.3. The summed E-state index contributed by atoms with van der Waals surface area (Å²) in [5.41, 5.74) is 2.48. The van der Waals surface area contributed by atoms with Crippen LogP contribution in [0.3, 0.4) is 0 Å². The van der Waals surface area contributed by atoms with Gasteiger partial charge in [-0.05, 0) is 38.5 Å². The summed E-state index contributed by atoms with van der Waals surface area (Å²) in [6, 6.07) is 3.97. The molecule has 4 heteroatoms. The smallest absolute Gasteiger partial charge is 0.274 e. The molecule has 0 saturated carbocycles. The third-order valence-electron chi connectivity index (χ3n) is 2.89. The Morgan fingerprint density at radius 1 is 1.41 bits per heavy atom. The van der Waals surface area contributed by atoms with E-state index in [4.69, 9.17) is 0 Å². The molecule has 2 rings (SSSR count). The first kappa shape index (κ1) is 11.6. The van der Waals surface area contributed by atoms with Crippen LogP contribution in [0.1, 0.15) is 29.9 Å². The van der Waals surface area contributed by atoms with Crippen molar-refractivity contribution in [3.8, 4) is 0 Å². The molecule has 2 heterocycles. The predicted octanol–water partition coefficient (Wildman–Crippen LogP) is 2.12. The molecular formula is C13H17N3O. The van der Waals surface area contributed by atoms with E-state index in [0.29, 0.717) is 18.8 Å². The van der Waals surface area contributed by atoms with Gasteiger partial charge in [-0.3, -0.25) is 4.79 Å². The fourth-order valence-corrected chi connectivity index (χ4v) is 1.86. The molecule has 1 amide bonds. The van der Waals surface area contributed by atoms with E-state index in [1.807, 2.05) is 43.5 Å². The Hall–Kier alpha value is -1.84. The first-order chi connectivity index (χ1) is 8.15. The van der Waals surface area contributed by atoms with Crippen LogP contribution in [0, 0.1) is 6.92 Å². The molecule has 0 aliphatic heterocycles. The van der Waals surface area contributed by atoms with Gasteiger partial charge >= 0.3 is 0 Å². The molecule has 90 valence electrons. The lowest BCUT2D eigenvalue weighted by molar-refractivity contribution is 0.0768. The van der Waals surface area contributed by atoms with Gasteiger partial charge in [0.05, 0.1) is 0 Å². The third-order valence-corrected chi connectivity index (χ3v) is 2.89. The normalized spacial score (nSPS) is 10.8. The van der Waals surface area contributed by atoms with Crippen molar-refractivity contribution in [1.82, 2.24) is 14.3 Å². The van der Waals surface area contributed by atoms with Gasteiger partial charge in [-0.2, -0.15) is 0 Å². The van der Waals surface area contributed by atoms with E-state index in [0.717, 1.165) is 11.2 Å². The molecule has 2 aromatic rings. The molecule has 0 fully saturated rings. The topological polar surface area (TPSA) is 37.6 Å². The van der Waals surface area contributed by atoms with Gasteiger partial charge in [0.2, 0.25) is 0 Å². The van der Waals surface area contributed by atoms with Gasteiger partial charge in [0, 0.05) is 25.5 Å². The highest BCUT2D eigenvalue weighted by atomic mass is 16.2. The molecule has 4 nitrogen and oxygen atoms in total. The molecule has 0 unspecified atom stereocenters. The van der Waals surface area contributed by atoms with Gasteiger partial charge in [-0.1, -0.05) is 0 Å². The summed E-state index contributed by atoms with van der Waals surface area (Å²) >= 11 is 0. The predicted molar refractivity (Wildman–Crippen MR) is 67.2 cm³/mol. The largest absolute Gasteiger partial charge is 0.338 e. The Morgan fingerprint density at radius 3 is 2.76 bits per heavy atom. The number of rotatable bonds is 3. The van der Waals surface area contributed by atoms with Crippen LogP contribution >= 0.6 is 0 Å². The summed E-state index contributed by atoms with van der Waals surface area (Å²) in [6.45, 7) is 7.38. The Balaban J connectivity index is 2.39. The van der Waals surface area contributed by atoms with Crippen LogP contribution in [0.5, 0.6) is 0 Å². The molecule has 0 saturated heterocycles. The molecular weight excluding hydrogens is 214 g/mol. The van der Waals surface area contributed by atoms with Crippen molar-refractivity contribution in [2.24, 2.45) is 0 Å². The zero-order valence-electron chi connectivity index (χ0n) is 10.5. The van der Waals surface area contributed by atoms with Gasteiger partial charge in [-0.15, -0.1) is 0 Å².